The molecule has 1 aliphatic rings. The Morgan fingerprint density at radius 1 is 0.971 bits per heavy atom. The van der Waals surface area contributed by atoms with Crippen molar-refractivity contribution in [1.82, 2.24) is 34.5 Å². The van der Waals surface area contributed by atoms with Crippen molar-refractivity contribution in [2.45, 2.75) is 13.5 Å². The summed E-state index contributed by atoms with van der Waals surface area (Å²) in [7, 11) is 3.88. The van der Waals surface area contributed by atoms with Gasteiger partial charge in [0.2, 0.25) is 5.95 Å². The smallest absolute Gasteiger partial charge is 0.229 e. The highest BCUT2D eigenvalue weighted by molar-refractivity contribution is 5.86. The molecule has 10 heteroatoms. The van der Waals surface area contributed by atoms with Gasteiger partial charge in [-0.3, -0.25) is 9.58 Å². The van der Waals surface area contributed by atoms with Crippen LogP contribution < -0.4 is 5.32 Å². The van der Waals surface area contributed by atoms with Gasteiger partial charge < -0.3 is 10.2 Å². The van der Waals surface area contributed by atoms with Gasteiger partial charge in [-0.15, -0.1) is 0 Å². The van der Waals surface area contributed by atoms with Gasteiger partial charge in [-0.2, -0.15) is 5.10 Å². The molecule has 34 heavy (non-hydrogen) atoms. The third-order valence-corrected chi connectivity index (χ3v) is 6.27. The maximum Gasteiger partial charge on any atom is 0.229 e. The van der Waals surface area contributed by atoms with Gasteiger partial charge in [0.15, 0.2) is 11.6 Å². The van der Waals surface area contributed by atoms with Gasteiger partial charge in [0.05, 0.1) is 6.20 Å². The standard InChI is InChI=1S/C24H26F2N8/c1-15-18-10-17(11-19(25)23(18)31-33(15)3)22-20(26)13-28-24(30-22)29-21-5-4-16(12-27-21)14-34-8-6-32(2)7-9-34/h4-5,10-13H,6-9,14H2,1-3H3,(H,27,28,29,30). The molecule has 1 aliphatic heterocycles. The molecule has 3 aromatic heterocycles. The molecule has 0 spiro atoms. The predicted molar refractivity (Wildman–Crippen MR) is 127 cm³/mol. The normalized spacial score (nSPS) is 15.2. The summed E-state index contributed by atoms with van der Waals surface area (Å²) in [6.07, 6.45) is 2.89. The fourth-order valence-corrected chi connectivity index (χ4v) is 4.11. The molecule has 1 N–H and O–H groups in total. The molecule has 0 aliphatic carbocycles. The first kappa shape index (κ1) is 22.3. The molecule has 5 rings (SSSR count). The quantitative estimate of drug-likeness (QED) is 0.485. The fraction of sp³-hybridized carbons (Fsp3) is 0.333. The Kier molecular flexibility index (Phi) is 5.93. The number of benzene rings is 1. The maximum absolute atomic E-state index is 14.7. The van der Waals surface area contributed by atoms with Gasteiger partial charge in [0, 0.05) is 62.6 Å². The van der Waals surface area contributed by atoms with Crippen LogP contribution in [-0.4, -0.2) is 67.8 Å². The Labute approximate surface area is 196 Å². The first-order valence-corrected chi connectivity index (χ1v) is 11.2. The molecule has 0 unspecified atom stereocenters. The van der Waals surface area contributed by atoms with E-state index in [1.165, 1.54) is 6.07 Å². The third kappa shape index (κ3) is 4.46. The van der Waals surface area contributed by atoms with E-state index in [0.29, 0.717) is 16.8 Å². The van der Waals surface area contributed by atoms with Crippen molar-refractivity contribution in [3.8, 4) is 11.3 Å². The number of aryl methyl sites for hydroxylation is 2. The van der Waals surface area contributed by atoms with Crippen molar-refractivity contribution >= 4 is 22.7 Å². The van der Waals surface area contributed by atoms with Crippen LogP contribution in [0.5, 0.6) is 0 Å². The molecular weight excluding hydrogens is 438 g/mol. The van der Waals surface area contributed by atoms with E-state index in [9.17, 15) is 8.78 Å². The largest absolute Gasteiger partial charge is 0.309 e. The van der Waals surface area contributed by atoms with E-state index in [1.54, 1.807) is 17.8 Å². The average molecular weight is 465 g/mol. The predicted octanol–water partition coefficient (Wildman–Crippen LogP) is 3.50. The highest BCUT2D eigenvalue weighted by atomic mass is 19.1. The molecule has 0 radical (unpaired) electrons. The number of rotatable bonds is 5. The second-order valence-corrected chi connectivity index (χ2v) is 8.71. The molecular formula is C24H26F2N8. The number of pyridine rings is 1. The van der Waals surface area contributed by atoms with Crippen LogP contribution in [0.25, 0.3) is 22.2 Å². The maximum atomic E-state index is 14.7. The lowest BCUT2D eigenvalue weighted by Crippen LogP contribution is -2.43. The molecule has 8 nitrogen and oxygen atoms in total. The van der Waals surface area contributed by atoms with Crippen molar-refractivity contribution in [3.05, 3.63) is 59.6 Å². The van der Waals surface area contributed by atoms with Crippen LogP contribution >= 0.6 is 0 Å². The van der Waals surface area contributed by atoms with Crippen molar-refractivity contribution in [1.29, 1.82) is 0 Å². The number of fused-ring (bicyclic) bond motifs is 1. The average Bonchev–Trinajstić information content (AvgIpc) is 3.12. The lowest BCUT2D eigenvalue weighted by molar-refractivity contribution is 0.148. The number of likely N-dealkylation sites (N-methyl/N-ethyl adjacent to an activating group) is 1. The van der Waals surface area contributed by atoms with Crippen LogP contribution in [0.1, 0.15) is 11.3 Å². The Bertz CT molecular complexity index is 1330. The zero-order valence-corrected chi connectivity index (χ0v) is 19.4. The van der Waals surface area contributed by atoms with Gasteiger partial charge in [0.25, 0.3) is 0 Å². The molecule has 1 fully saturated rings. The molecule has 0 amide bonds. The summed E-state index contributed by atoms with van der Waals surface area (Å²) in [6, 6.07) is 6.80. The third-order valence-electron chi connectivity index (χ3n) is 6.27. The van der Waals surface area contributed by atoms with Crippen molar-refractivity contribution in [2.75, 3.05) is 38.5 Å². The molecule has 1 aromatic carbocycles. The molecule has 0 atom stereocenters. The summed E-state index contributed by atoms with van der Waals surface area (Å²) >= 11 is 0. The van der Waals surface area contributed by atoms with Crippen LogP contribution in [0.2, 0.25) is 0 Å². The van der Waals surface area contributed by atoms with Crippen molar-refractivity contribution in [2.24, 2.45) is 7.05 Å². The van der Waals surface area contributed by atoms with Crippen LogP contribution in [0.15, 0.2) is 36.7 Å². The Hall–Kier alpha value is -3.50. The van der Waals surface area contributed by atoms with Gasteiger partial charge in [0.1, 0.15) is 17.0 Å². The number of piperazine rings is 1. The van der Waals surface area contributed by atoms with Crippen molar-refractivity contribution in [3.63, 3.8) is 0 Å². The van der Waals surface area contributed by atoms with Crippen LogP contribution in [0.4, 0.5) is 20.5 Å². The topological polar surface area (TPSA) is 75.0 Å². The summed E-state index contributed by atoms with van der Waals surface area (Å²) in [6.45, 7) is 6.88. The first-order valence-electron chi connectivity index (χ1n) is 11.2. The number of halogens is 2. The highest BCUT2D eigenvalue weighted by Gasteiger charge is 2.17. The number of nitrogens with one attached hydrogen (secondary N) is 1. The SMILES string of the molecule is Cc1c2cc(-c3nc(Nc4ccc(CN5CCN(C)CC5)cn4)ncc3F)cc(F)c2nn1C. The number of nitrogens with zero attached hydrogens (tertiary/aromatic N) is 7. The monoisotopic (exact) mass is 464 g/mol. The second kappa shape index (κ2) is 9.03. The number of hydrogen-bond acceptors (Lipinski definition) is 7. The summed E-state index contributed by atoms with van der Waals surface area (Å²) in [5, 5.41) is 7.81. The molecule has 0 saturated carbocycles. The van der Waals surface area contributed by atoms with E-state index in [1.807, 2.05) is 25.3 Å². The van der Waals surface area contributed by atoms with E-state index >= 15 is 0 Å². The summed E-state index contributed by atoms with van der Waals surface area (Å²) < 4.78 is 30.9. The highest BCUT2D eigenvalue weighted by Crippen LogP contribution is 2.29. The Morgan fingerprint density at radius 3 is 2.50 bits per heavy atom. The van der Waals surface area contributed by atoms with Crippen LogP contribution in [-0.2, 0) is 13.6 Å². The van der Waals surface area contributed by atoms with Gasteiger partial charge in [-0.25, -0.2) is 23.7 Å². The zero-order chi connectivity index (χ0) is 23.8. The Balaban J connectivity index is 1.35. The second-order valence-electron chi connectivity index (χ2n) is 8.71. The number of anilines is 2. The summed E-state index contributed by atoms with van der Waals surface area (Å²) in [5.41, 5.74) is 2.47. The first-order chi connectivity index (χ1) is 16.4. The van der Waals surface area contributed by atoms with E-state index in [2.05, 4.69) is 42.2 Å². The molecule has 176 valence electrons. The molecule has 1 saturated heterocycles. The molecule has 0 bridgehead atoms. The van der Waals surface area contributed by atoms with E-state index in [0.717, 1.165) is 50.2 Å². The van der Waals surface area contributed by atoms with E-state index in [-0.39, 0.29) is 17.2 Å². The lowest BCUT2D eigenvalue weighted by atomic mass is 10.1. The summed E-state index contributed by atoms with van der Waals surface area (Å²) in [5.74, 6) is -0.439. The lowest BCUT2D eigenvalue weighted by Gasteiger charge is -2.32. The number of hydrogen-bond donors (Lipinski definition) is 1. The van der Waals surface area contributed by atoms with Gasteiger partial charge in [-0.05, 0) is 37.7 Å². The minimum absolute atomic E-state index is 0.00763. The van der Waals surface area contributed by atoms with Crippen LogP contribution in [0, 0.1) is 18.6 Å². The zero-order valence-electron chi connectivity index (χ0n) is 19.4. The van der Waals surface area contributed by atoms with E-state index in [4.69, 9.17) is 0 Å². The van der Waals surface area contributed by atoms with Gasteiger partial charge in [-0.1, -0.05) is 6.07 Å². The number of aromatic nitrogens is 5. The van der Waals surface area contributed by atoms with Gasteiger partial charge >= 0.3 is 0 Å². The minimum Gasteiger partial charge on any atom is -0.309 e. The van der Waals surface area contributed by atoms with Crippen molar-refractivity contribution < 1.29 is 8.78 Å². The minimum atomic E-state index is -0.638. The summed E-state index contributed by atoms with van der Waals surface area (Å²) in [4.78, 5) is 17.5. The van der Waals surface area contributed by atoms with Crippen LogP contribution in [0.3, 0.4) is 0 Å². The Morgan fingerprint density at radius 2 is 1.76 bits per heavy atom. The molecule has 4 aromatic rings. The van der Waals surface area contributed by atoms with E-state index < -0.39 is 11.6 Å². The molecule has 4 heterocycles. The fourth-order valence-electron chi connectivity index (χ4n) is 4.11.